The summed E-state index contributed by atoms with van der Waals surface area (Å²) in [7, 11) is 0. The van der Waals surface area contributed by atoms with Crippen molar-refractivity contribution in [2.24, 2.45) is 0 Å². The van der Waals surface area contributed by atoms with Crippen molar-refractivity contribution < 1.29 is 0 Å². The Morgan fingerprint density at radius 1 is 1.33 bits per heavy atom. The third-order valence-corrected chi connectivity index (χ3v) is 3.11. The molecule has 0 amide bonds. The number of aromatic nitrogens is 3. The third-order valence-electron chi connectivity index (χ3n) is 2.88. The molecule has 1 aliphatic heterocycles. The molecule has 3 rings (SSSR count). The maximum atomic E-state index is 11.9. The lowest BCUT2D eigenvalue weighted by atomic mass is 10.1. The molecule has 2 N–H and O–H groups in total. The molecule has 5 nitrogen and oxygen atoms in total. The minimum absolute atomic E-state index is 0.0982. The van der Waals surface area contributed by atoms with Gasteiger partial charge in [-0.2, -0.15) is 0 Å². The number of pyridine rings is 1. The second kappa shape index (κ2) is 4.42. The molecule has 0 atom stereocenters. The van der Waals surface area contributed by atoms with E-state index < -0.39 is 0 Å². The number of nitrogens with one attached hydrogen (secondary N) is 2. The quantitative estimate of drug-likeness (QED) is 0.823. The Morgan fingerprint density at radius 3 is 3.00 bits per heavy atom. The Kier molecular flexibility index (Phi) is 2.76. The van der Waals surface area contributed by atoms with Crippen LogP contribution in [0.3, 0.4) is 0 Å². The van der Waals surface area contributed by atoms with E-state index >= 15 is 0 Å². The molecule has 0 aliphatic carbocycles. The first kappa shape index (κ1) is 11.2. The number of H-pyrrole nitrogens is 1. The summed E-state index contributed by atoms with van der Waals surface area (Å²) in [6.45, 7) is 0.844. The maximum Gasteiger partial charge on any atom is 0.256 e. The van der Waals surface area contributed by atoms with Crippen LogP contribution in [-0.4, -0.2) is 21.5 Å². The molecule has 0 fully saturated rings. The zero-order valence-electron chi connectivity index (χ0n) is 9.53. The van der Waals surface area contributed by atoms with Gasteiger partial charge in [0.05, 0.1) is 10.6 Å². The van der Waals surface area contributed by atoms with Gasteiger partial charge in [-0.05, 0) is 25.0 Å². The van der Waals surface area contributed by atoms with E-state index in [2.05, 4.69) is 20.3 Å². The number of hydrogen-bond donors (Lipinski definition) is 2. The van der Waals surface area contributed by atoms with Gasteiger partial charge < -0.3 is 10.3 Å². The fourth-order valence-electron chi connectivity index (χ4n) is 1.99. The van der Waals surface area contributed by atoms with Gasteiger partial charge in [-0.3, -0.25) is 9.78 Å². The van der Waals surface area contributed by atoms with Crippen LogP contribution in [0.15, 0.2) is 23.1 Å². The topological polar surface area (TPSA) is 70.7 Å². The van der Waals surface area contributed by atoms with Crippen LogP contribution in [0.25, 0.3) is 11.5 Å². The highest BCUT2D eigenvalue weighted by molar-refractivity contribution is 6.30. The highest BCUT2D eigenvalue weighted by Crippen LogP contribution is 2.19. The van der Waals surface area contributed by atoms with Crippen molar-refractivity contribution in [3.8, 4) is 11.5 Å². The minimum atomic E-state index is -0.0982. The first-order valence-corrected chi connectivity index (χ1v) is 6.11. The Bertz CT molecular complexity index is 636. The molecule has 3 heterocycles. The van der Waals surface area contributed by atoms with Crippen LogP contribution in [0.1, 0.15) is 12.0 Å². The van der Waals surface area contributed by atoms with Crippen LogP contribution in [0, 0.1) is 0 Å². The van der Waals surface area contributed by atoms with Crippen LogP contribution in [0.4, 0.5) is 5.82 Å². The average Bonchev–Trinajstić information content (AvgIpc) is 2.39. The number of halogens is 1. The molecule has 0 radical (unpaired) electrons. The Morgan fingerprint density at radius 2 is 2.22 bits per heavy atom. The van der Waals surface area contributed by atoms with Crippen LogP contribution in [0.5, 0.6) is 0 Å². The smallest absolute Gasteiger partial charge is 0.256 e. The zero-order valence-corrected chi connectivity index (χ0v) is 10.3. The third kappa shape index (κ3) is 1.97. The second-order valence-electron chi connectivity index (χ2n) is 4.13. The lowest BCUT2D eigenvalue weighted by molar-refractivity contribution is 0.799. The predicted molar refractivity (Wildman–Crippen MR) is 69.9 cm³/mol. The molecule has 92 valence electrons. The second-order valence-corrected chi connectivity index (χ2v) is 4.57. The molecule has 2 aromatic rings. The van der Waals surface area contributed by atoms with Crippen molar-refractivity contribution in [3.05, 3.63) is 39.3 Å². The Hall–Kier alpha value is -1.88. The van der Waals surface area contributed by atoms with Crippen molar-refractivity contribution in [3.63, 3.8) is 0 Å². The van der Waals surface area contributed by atoms with Gasteiger partial charge in [0.1, 0.15) is 11.5 Å². The number of aromatic amines is 1. The van der Waals surface area contributed by atoms with E-state index in [-0.39, 0.29) is 5.56 Å². The molecule has 0 saturated heterocycles. The fourth-order valence-corrected chi connectivity index (χ4v) is 2.10. The van der Waals surface area contributed by atoms with E-state index in [0.717, 1.165) is 24.9 Å². The van der Waals surface area contributed by atoms with Crippen molar-refractivity contribution in [2.45, 2.75) is 12.8 Å². The van der Waals surface area contributed by atoms with E-state index in [4.69, 9.17) is 11.6 Å². The van der Waals surface area contributed by atoms with Gasteiger partial charge in [-0.25, -0.2) is 4.98 Å². The van der Waals surface area contributed by atoms with Crippen molar-refractivity contribution in [1.29, 1.82) is 0 Å². The van der Waals surface area contributed by atoms with Gasteiger partial charge in [-0.1, -0.05) is 11.6 Å². The number of nitrogens with zero attached hydrogens (tertiary/aromatic N) is 2. The molecule has 6 heteroatoms. The number of fused-ring (bicyclic) bond motifs is 1. The van der Waals surface area contributed by atoms with Crippen molar-refractivity contribution >= 4 is 17.4 Å². The first-order chi connectivity index (χ1) is 8.74. The molecule has 2 aromatic heterocycles. The Labute approximate surface area is 108 Å². The van der Waals surface area contributed by atoms with Gasteiger partial charge in [0.15, 0.2) is 5.82 Å². The lowest BCUT2D eigenvalue weighted by Gasteiger charge is -2.16. The number of hydrogen-bond acceptors (Lipinski definition) is 4. The average molecular weight is 263 g/mol. The SMILES string of the molecule is O=c1[nH]c(-c2ccc(Cl)cn2)nc2c1CCCN2. The van der Waals surface area contributed by atoms with Crippen LogP contribution in [-0.2, 0) is 6.42 Å². The summed E-state index contributed by atoms with van der Waals surface area (Å²) in [5.41, 5.74) is 1.23. The van der Waals surface area contributed by atoms with Crippen molar-refractivity contribution in [1.82, 2.24) is 15.0 Å². The first-order valence-electron chi connectivity index (χ1n) is 5.73. The lowest BCUT2D eigenvalue weighted by Crippen LogP contribution is -2.24. The minimum Gasteiger partial charge on any atom is -0.370 e. The van der Waals surface area contributed by atoms with Crippen LogP contribution >= 0.6 is 11.6 Å². The normalized spacial score (nSPS) is 13.8. The summed E-state index contributed by atoms with van der Waals surface area (Å²) >= 11 is 5.78. The summed E-state index contributed by atoms with van der Waals surface area (Å²) in [4.78, 5) is 23.2. The summed E-state index contributed by atoms with van der Waals surface area (Å²) in [6.07, 6.45) is 3.25. The van der Waals surface area contributed by atoms with E-state index in [9.17, 15) is 4.79 Å². The highest BCUT2D eigenvalue weighted by atomic mass is 35.5. The van der Waals surface area contributed by atoms with Crippen LogP contribution in [0.2, 0.25) is 5.02 Å². The molecule has 1 aliphatic rings. The molecule has 0 aromatic carbocycles. The van der Waals surface area contributed by atoms with Gasteiger partial charge in [0.2, 0.25) is 0 Å². The fraction of sp³-hybridized carbons (Fsp3) is 0.250. The molecule has 18 heavy (non-hydrogen) atoms. The summed E-state index contributed by atoms with van der Waals surface area (Å²) in [5, 5.41) is 3.69. The summed E-state index contributed by atoms with van der Waals surface area (Å²) < 4.78 is 0. The van der Waals surface area contributed by atoms with E-state index in [0.29, 0.717) is 22.4 Å². The van der Waals surface area contributed by atoms with E-state index in [1.165, 1.54) is 6.20 Å². The van der Waals surface area contributed by atoms with Crippen molar-refractivity contribution in [2.75, 3.05) is 11.9 Å². The number of anilines is 1. The summed E-state index contributed by atoms with van der Waals surface area (Å²) in [5.74, 6) is 1.13. The zero-order chi connectivity index (χ0) is 12.5. The molecular formula is C12H11ClN4O. The molecular weight excluding hydrogens is 252 g/mol. The van der Waals surface area contributed by atoms with Gasteiger partial charge in [-0.15, -0.1) is 0 Å². The molecule has 0 unspecified atom stereocenters. The monoisotopic (exact) mass is 262 g/mol. The van der Waals surface area contributed by atoms with Gasteiger partial charge >= 0.3 is 0 Å². The highest BCUT2D eigenvalue weighted by Gasteiger charge is 2.15. The largest absolute Gasteiger partial charge is 0.370 e. The molecule has 0 bridgehead atoms. The van der Waals surface area contributed by atoms with E-state index in [1.54, 1.807) is 12.1 Å². The molecule has 0 spiro atoms. The summed E-state index contributed by atoms with van der Waals surface area (Å²) in [6, 6.07) is 3.45. The Balaban J connectivity index is 2.11. The van der Waals surface area contributed by atoms with Gasteiger partial charge in [0.25, 0.3) is 5.56 Å². The number of rotatable bonds is 1. The van der Waals surface area contributed by atoms with E-state index in [1.807, 2.05) is 0 Å². The maximum absolute atomic E-state index is 11.9. The van der Waals surface area contributed by atoms with Crippen LogP contribution < -0.4 is 10.9 Å². The van der Waals surface area contributed by atoms with Gasteiger partial charge in [0, 0.05) is 12.7 Å². The standard InChI is InChI=1S/C12H11ClN4O/c13-7-3-4-9(15-6-7)11-16-10-8(12(18)17-11)2-1-5-14-10/h3-4,6H,1-2,5H2,(H2,14,16,17,18). The molecule has 0 saturated carbocycles. The predicted octanol–water partition coefficient (Wildman–Crippen LogP) is 1.84.